The molecule has 0 atom stereocenters. The van der Waals surface area contributed by atoms with E-state index in [0.29, 0.717) is 41.7 Å². The minimum Gasteiger partial charge on any atom is -0.493 e. The molecule has 4 aromatic rings. The molecule has 2 aromatic heterocycles. The van der Waals surface area contributed by atoms with Crippen molar-refractivity contribution in [3.8, 4) is 22.9 Å². The van der Waals surface area contributed by atoms with Crippen LogP contribution in [-0.2, 0) is 11.2 Å². The summed E-state index contributed by atoms with van der Waals surface area (Å²) in [5.41, 5.74) is 3.57. The highest BCUT2D eigenvalue weighted by Crippen LogP contribution is 2.40. The lowest BCUT2D eigenvalue weighted by molar-refractivity contribution is -0.118. The number of carbonyl (C=O) groups is 1. The number of hydrogen-bond donors (Lipinski definition) is 1. The number of aryl methyl sites for hydroxylation is 1. The molecule has 2 heterocycles. The van der Waals surface area contributed by atoms with E-state index >= 15 is 0 Å². The Labute approximate surface area is 198 Å². The summed E-state index contributed by atoms with van der Waals surface area (Å²) >= 11 is 0. The van der Waals surface area contributed by atoms with Gasteiger partial charge in [0.2, 0.25) is 11.7 Å². The van der Waals surface area contributed by atoms with Crippen molar-refractivity contribution in [1.29, 1.82) is 0 Å². The second kappa shape index (κ2) is 10.2. The molecule has 0 spiro atoms. The van der Waals surface area contributed by atoms with Gasteiger partial charge in [-0.25, -0.2) is 4.98 Å². The summed E-state index contributed by atoms with van der Waals surface area (Å²) in [5.74, 6) is 2.29. The van der Waals surface area contributed by atoms with Crippen LogP contribution in [0.15, 0.2) is 54.9 Å². The number of fused-ring (bicyclic) bond motifs is 1. The van der Waals surface area contributed by atoms with Gasteiger partial charge in [0.05, 0.1) is 21.3 Å². The number of nitrogens with zero attached hydrogens (tertiary/aromatic N) is 3. The molecule has 8 heteroatoms. The second-order valence-electron chi connectivity index (χ2n) is 7.76. The highest BCUT2D eigenvalue weighted by molar-refractivity contribution is 5.79. The molecule has 0 bridgehead atoms. The van der Waals surface area contributed by atoms with Gasteiger partial charge in [-0.1, -0.05) is 19.1 Å². The van der Waals surface area contributed by atoms with E-state index in [1.807, 2.05) is 42.0 Å². The highest BCUT2D eigenvalue weighted by atomic mass is 16.5. The van der Waals surface area contributed by atoms with E-state index in [4.69, 9.17) is 19.2 Å². The number of rotatable bonds is 10. The molecule has 0 amide bonds. The number of ether oxygens (including phenoxy) is 3. The molecule has 8 nitrogen and oxygen atoms in total. The van der Waals surface area contributed by atoms with Crippen molar-refractivity contribution in [2.75, 3.05) is 26.6 Å². The van der Waals surface area contributed by atoms with E-state index in [-0.39, 0.29) is 5.78 Å². The van der Waals surface area contributed by atoms with Crippen molar-refractivity contribution in [3.63, 3.8) is 0 Å². The summed E-state index contributed by atoms with van der Waals surface area (Å²) in [5, 5.41) is 4.15. The van der Waals surface area contributed by atoms with Crippen molar-refractivity contribution < 1.29 is 19.0 Å². The smallest absolute Gasteiger partial charge is 0.229 e. The molecule has 0 unspecified atom stereocenters. The zero-order valence-electron chi connectivity index (χ0n) is 19.8. The van der Waals surface area contributed by atoms with Crippen molar-refractivity contribution in [2.45, 2.75) is 26.2 Å². The van der Waals surface area contributed by atoms with Gasteiger partial charge in [-0.05, 0) is 30.2 Å². The normalized spacial score (nSPS) is 10.8. The topological polar surface area (TPSA) is 87.5 Å². The number of carbonyl (C=O) groups excluding carboxylic acids is 1. The van der Waals surface area contributed by atoms with Crippen LogP contribution < -0.4 is 19.5 Å². The maximum atomic E-state index is 11.7. The maximum Gasteiger partial charge on any atom is 0.229 e. The zero-order valence-corrected chi connectivity index (χ0v) is 19.8. The monoisotopic (exact) mass is 460 g/mol. The number of aromatic nitrogens is 3. The molecular weight excluding hydrogens is 432 g/mol. The fourth-order valence-electron chi connectivity index (χ4n) is 3.79. The molecule has 34 heavy (non-hydrogen) atoms. The minimum absolute atomic E-state index is 0.270. The Morgan fingerprint density at radius 1 is 1.03 bits per heavy atom. The van der Waals surface area contributed by atoms with E-state index in [2.05, 4.69) is 16.4 Å². The van der Waals surface area contributed by atoms with Crippen LogP contribution in [0.1, 0.15) is 25.3 Å². The van der Waals surface area contributed by atoms with Crippen molar-refractivity contribution in [2.24, 2.45) is 0 Å². The second-order valence-corrected chi connectivity index (χ2v) is 7.76. The van der Waals surface area contributed by atoms with Gasteiger partial charge < -0.3 is 24.1 Å². The van der Waals surface area contributed by atoms with Crippen LogP contribution >= 0.6 is 0 Å². The largest absolute Gasteiger partial charge is 0.493 e. The quantitative estimate of drug-likeness (QED) is 0.352. The van der Waals surface area contributed by atoms with E-state index in [0.717, 1.165) is 28.7 Å². The van der Waals surface area contributed by atoms with Crippen LogP contribution in [0.3, 0.4) is 0 Å². The van der Waals surface area contributed by atoms with Gasteiger partial charge >= 0.3 is 0 Å². The van der Waals surface area contributed by atoms with Crippen LogP contribution in [0.4, 0.5) is 11.6 Å². The molecule has 4 rings (SSSR count). The van der Waals surface area contributed by atoms with Crippen LogP contribution in [0.2, 0.25) is 0 Å². The molecule has 1 N–H and O–H groups in total. The lowest BCUT2D eigenvalue weighted by Crippen LogP contribution is -2.02. The number of nitrogens with one attached hydrogen (secondary N) is 1. The molecule has 0 aliphatic rings. The number of hydrogen-bond acceptors (Lipinski definition) is 7. The fraction of sp³-hybridized carbons (Fsp3) is 0.269. The summed E-state index contributed by atoms with van der Waals surface area (Å²) < 4.78 is 18.3. The highest BCUT2D eigenvalue weighted by Gasteiger charge is 2.14. The molecule has 0 aliphatic heterocycles. The lowest BCUT2D eigenvalue weighted by Gasteiger charge is -2.14. The number of methoxy groups -OCH3 is 3. The average molecular weight is 461 g/mol. The third kappa shape index (κ3) is 4.80. The Morgan fingerprint density at radius 3 is 2.47 bits per heavy atom. The van der Waals surface area contributed by atoms with E-state index < -0.39 is 0 Å². The standard InChI is InChI=1S/C26H28N4O4/c1-5-21(31)10-9-17-7-6-8-20(13-17)30-12-11-18-16-27-26(29-25(18)30)28-19-14-22(32-2)24(34-4)23(15-19)33-3/h6-8,11-16H,5,9-10H2,1-4H3,(H,27,28,29). The third-order valence-electron chi connectivity index (χ3n) is 5.62. The van der Waals surface area contributed by atoms with Gasteiger partial charge in [0.1, 0.15) is 11.4 Å². The van der Waals surface area contributed by atoms with E-state index in [1.165, 1.54) is 0 Å². The van der Waals surface area contributed by atoms with Crippen LogP contribution in [0, 0.1) is 0 Å². The van der Waals surface area contributed by atoms with E-state index in [9.17, 15) is 4.79 Å². The van der Waals surface area contributed by atoms with Gasteiger partial charge in [-0.3, -0.25) is 4.79 Å². The van der Waals surface area contributed by atoms with Gasteiger partial charge in [-0.2, -0.15) is 4.98 Å². The molecule has 2 aromatic carbocycles. The third-order valence-corrected chi connectivity index (χ3v) is 5.62. The Kier molecular flexibility index (Phi) is 6.96. The number of Topliss-reactive ketones (excluding diaryl/α,β-unsaturated/α-hetero) is 1. The first-order valence-electron chi connectivity index (χ1n) is 11.1. The SMILES string of the molecule is CCC(=O)CCc1cccc(-n2ccc3cnc(Nc4cc(OC)c(OC)c(OC)c4)nc32)c1. The number of anilines is 2. The maximum absolute atomic E-state index is 11.7. The summed E-state index contributed by atoms with van der Waals surface area (Å²) in [4.78, 5) is 20.9. The number of benzene rings is 2. The molecule has 0 fully saturated rings. The predicted molar refractivity (Wildman–Crippen MR) is 132 cm³/mol. The van der Waals surface area contributed by atoms with Crippen molar-refractivity contribution >= 4 is 28.5 Å². The average Bonchev–Trinajstić information content (AvgIpc) is 3.30. The van der Waals surface area contributed by atoms with Crippen molar-refractivity contribution in [3.05, 3.63) is 60.4 Å². The zero-order chi connectivity index (χ0) is 24.1. The molecule has 0 saturated heterocycles. The van der Waals surface area contributed by atoms with Gasteiger partial charge in [0.15, 0.2) is 11.5 Å². The molecule has 0 radical (unpaired) electrons. The Hall–Kier alpha value is -4.07. The first-order chi connectivity index (χ1) is 16.6. The first-order valence-corrected chi connectivity index (χ1v) is 11.1. The molecule has 176 valence electrons. The van der Waals surface area contributed by atoms with E-state index in [1.54, 1.807) is 39.7 Å². The summed E-state index contributed by atoms with van der Waals surface area (Å²) in [6.45, 7) is 1.90. The predicted octanol–water partition coefficient (Wildman–Crippen LogP) is 5.10. The first kappa shape index (κ1) is 23.1. The molecular formula is C26H28N4O4. The van der Waals surface area contributed by atoms with Gasteiger partial charge in [0.25, 0.3) is 0 Å². The lowest BCUT2D eigenvalue weighted by atomic mass is 10.1. The fourth-order valence-corrected chi connectivity index (χ4v) is 3.79. The Morgan fingerprint density at radius 2 is 1.79 bits per heavy atom. The molecule has 0 aliphatic carbocycles. The summed E-state index contributed by atoms with van der Waals surface area (Å²) in [6, 6.07) is 13.7. The summed E-state index contributed by atoms with van der Waals surface area (Å²) in [7, 11) is 4.71. The van der Waals surface area contributed by atoms with Gasteiger partial charge in [-0.15, -0.1) is 0 Å². The Balaban J connectivity index is 1.65. The van der Waals surface area contributed by atoms with Crippen LogP contribution in [-0.4, -0.2) is 41.6 Å². The van der Waals surface area contributed by atoms with Crippen LogP contribution in [0.25, 0.3) is 16.7 Å². The minimum atomic E-state index is 0.270. The Bertz CT molecular complexity index is 1290. The van der Waals surface area contributed by atoms with Crippen molar-refractivity contribution in [1.82, 2.24) is 14.5 Å². The van der Waals surface area contributed by atoms with Crippen LogP contribution in [0.5, 0.6) is 17.2 Å². The summed E-state index contributed by atoms with van der Waals surface area (Å²) in [6.07, 6.45) is 5.60. The number of ketones is 1. The van der Waals surface area contributed by atoms with Gasteiger partial charge in [0, 0.05) is 54.1 Å². The molecule has 0 saturated carbocycles.